The molecule has 1 saturated heterocycles. The van der Waals surface area contributed by atoms with Gasteiger partial charge in [0.15, 0.2) is 5.82 Å². The summed E-state index contributed by atoms with van der Waals surface area (Å²) in [5, 5.41) is 0.904. The summed E-state index contributed by atoms with van der Waals surface area (Å²) in [6.45, 7) is 5.39. The van der Waals surface area contributed by atoms with E-state index in [-0.39, 0.29) is 11.6 Å². The molecule has 0 amide bonds. The van der Waals surface area contributed by atoms with Crippen LogP contribution < -0.4 is 5.73 Å². The van der Waals surface area contributed by atoms with Gasteiger partial charge < -0.3 is 15.2 Å². The van der Waals surface area contributed by atoms with Gasteiger partial charge in [-0.2, -0.15) is 0 Å². The molecule has 6 nitrogen and oxygen atoms in total. The van der Waals surface area contributed by atoms with Crippen molar-refractivity contribution in [3.63, 3.8) is 0 Å². The standard InChI is InChI=1S/C18H20BrFN6/c1-2-25-5-3-11(4-6-25)26-10-13(12-7-16(19)22-9-15(12)26)17-14(20)8-23-18(21)24-17/h7-11H,2-6H2,1H3,(H2,21,23,24). The van der Waals surface area contributed by atoms with E-state index in [2.05, 4.69) is 47.3 Å². The summed E-state index contributed by atoms with van der Waals surface area (Å²) in [4.78, 5) is 14.7. The van der Waals surface area contributed by atoms with Crippen molar-refractivity contribution in [2.45, 2.75) is 25.8 Å². The number of aromatic nitrogens is 4. The minimum Gasteiger partial charge on any atom is -0.368 e. The number of hydrogen-bond acceptors (Lipinski definition) is 5. The summed E-state index contributed by atoms with van der Waals surface area (Å²) >= 11 is 3.42. The van der Waals surface area contributed by atoms with Gasteiger partial charge in [0.05, 0.1) is 17.9 Å². The first-order chi connectivity index (χ1) is 12.6. The molecule has 0 spiro atoms. The zero-order valence-electron chi connectivity index (χ0n) is 14.5. The van der Waals surface area contributed by atoms with Crippen LogP contribution in [0.5, 0.6) is 0 Å². The summed E-state index contributed by atoms with van der Waals surface area (Å²) in [6, 6.07) is 2.26. The quantitative estimate of drug-likeness (QED) is 0.657. The number of hydrogen-bond donors (Lipinski definition) is 1. The second-order valence-corrected chi connectivity index (χ2v) is 7.38. The molecule has 1 fully saturated rings. The molecule has 1 aliphatic heterocycles. The van der Waals surface area contributed by atoms with Crippen LogP contribution in [0.25, 0.3) is 22.2 Å². The fraction of sp³-hybridized carbons (Fsp3) is 0.389. The highest BCUT2D eigenvalue weighted by Crippen LogP contribution is 2.36. The van der Waals surface area contributed by atoms with Gasteiger partial charge in [-0.25, -0.2) is 19.3 Å². The molecule has 4 heterocycles. The third-order valence-corrected chi connectivity index (χ3v) is 5.54. The number of anilines is 1. The number of likely N-dealkylation sites (tertiary alicyclic amines) is 1. The van der Waals surface area contributed by atoms with Gasteiger partial charge in [-0.3, -0.25) is 0 Å². The average molecular weight is 419 g/mol. The fourth-order valence-electron chi connectivity index (χ4n) is 3.70. The Kier molecular flexibility index (Phi) is 4.62. The number of nitrogens with zero attached hydrogens (tertiary/aromatic N) is 5. The first-order valence-electron chi connectivity index (χ1n) is 8.73. The van der Waals surface area contributed by atoms with Crippen molar-refractivity contribution in [1.82, 2.24) is 24.4 Å². The van der Waals surface area contributed by atoms with E-state index < -0.39 is 5.82 Å². The number of nitrogens with two attached hydrogens (primary N) is 1. The third-order valence-electron chi connectivity index (χ3n) is 5.10. The predicted molar refractivity (Wildman–Crippen MR) is 103 cm³/mol. The van der Waals surface area contributed by atoms with Gasteiger partial charge in [0.2, 0.25) is 5.95 Å². The van der Waals surface area contributed by atoms with Crippen molar-refractivity contribution >= 4 is 32.8 Å². The van der Waals surface area contributed by atoms with Crippen LogP contribution in [0.2, 0.25) is 0 Å². The van der Waals surface area contributed by atoms with Crippen LogP contribution in [-0.2, 0) is 0 Å². The first-order valence-corrected chi connectivity index (χ1v) is 9.53. The van der Waals surface area contributed by atoms with E-state index in [4.69, 9.17) is 5.73 Å². The smallest absolute Gasteiger partial charge is 0.220 e. The summed E-state index contributed by atoms with van der Waals surface area (Å²) in [6.07, 6.45) is 7.05. The third kappa shape index (κ3) is 3.07. The molecule has 4 rings (SSSR count). The summed E-state index contributed by atoms with van der Waals surface area (Å²) in [7, 11) is 0. The maximum absolute atomic E-state index is 14.4. The van der Waals surface area contributed by atoms with Gasteiger partial charge in [-0.05, 0) is 41.4 Å². The molecule has 2 N–H and O–H groups in total. The molecule has 1 aliphatic rings. The monoisotopic (exact) mass is 418 g/mol. The summed E-state index contributed by atoms with van der Waals surface area (Å²) in [5.41, 5.74) is 7.62. The normalized spacial score (nSPS) is 16.4. The Morgan fingerprint density at radius 3 is 2.77 bits per heavy atom. The number of pyridine rings is 1. The Hall–Kier alpha value is -2.06. The van der Waals surface area contributed by atoms with Gasteiger partial charge in [-0.1, -0.05) is 6.92 Å². The highest BCUT2D eigenvalue weighted by molar-refractivity contribution is 9.10. The molecule has 8 heteroatoms. The van der Waals surface area contributed by atoms with Crippen molar-refractivity contribution in [2.75, 3.05) is 25.4 Å². The Labute approximate surface area is 159 Å². The Morgan fingerprint density at radius 1 is 1.27 bits per heavy atom. The van der Waals surface area contributed by atoms with Crippen LogP contribution in [0.1, 0.15) is 25.8 Å². The molecule has 0 bridgehead atoms. The molecular weight excluding hydrogens is 399 g/mol. The molecule has 136 valence electrons. The van der Waals surface area contributed by atoms with Gasteiger partial charge in [0.25, 0.3) is 0 Å². The van der Waals surface area contributed by atoms with E-state index in [9.17, 15) is 4.39 Å². The second-order valence-electron chi connectivity index (χ2n) is 6.56. The Balaban J connectivity index is 1.84. The van der Waals surface area contributed by atoms with Gasteiger partial charge in [0.1, 0.15) is 10.3 Å². The summed E-state index contributed by atoms with van der Waals surface area (Å²) < 4.78 is 17.3. The number of fused-ring (bicyclic) bond motifs is 1. The lowest BCUT2D eigenvalue weighted by Crippen LogP contribution is -2.34. The minimum absolute atomic E-state index is 0.0617. The highest BCUT2D eigenvalue weighted by atomic mass is 79.9. The predicted octanol–water partition coefficient (Wildman–Crippen LogP) is 3.63. The molecule has 0 radical (unpaired) electrons. The van der Waals surface area contributed by atoms with Gasteiger partial charge in [0, 0.05) is 36.3 Å². The maximum Gasteiger partial charge on any atom is 0.220 e. The van der Waals surface area contributed by atoms with E-state index in [0.29, 0.717) is 16.2 Å². The minimum atomic E-state index is -0.480. The van der Waals surface area contributed by atoms with Crippen LogP contribution in [0.4, 0.5) is 10.3 Å². The topological polar surface area (TPSA) is 72.9 Å². The van der Waals surface area contributed by atoms with E-state index >= 15 is 0 Å². The summed E-state index contributed by atoms with van der Waals surface area (Å²) in [5.74, 6) is -0.418. The maximum atomic E-state index is 14.4. The van der Waals surface area contributed by atoms with Gasteiger partial charge >= 0.3 is 0 Å². The molecular formula is C18H20BrFN6. The Morgan fingerprint density at radius 2 is 2.04 bits per heavy atom. The van der Waals surface area contributed by atoms with Crippen molar-refractivity contribution < 1.29 is 4.39 Å². The molecule has 3 aromatic heterocycles. The lowest BCUT2D eigenvalue weighted by molar-refractivity contribution is 0.197. The second kappa shape index (κ2) is 6.92. The molecule has 0 atom stereocenters. The van der Waals surface area contributed by atoms with Crippen LogP contribution >= 0.6 is 15.9 Å². The molecule has 26 heavy (non-hydrogen) atoms. The van der Waals surface area contributed by atoms with Crippen LogP contribution in [-0.4, -0.2) is 44.1 Å². The van der Waals surface area contributed by atoms with Crippen LogP contribution in [0, 0.1) is 5.82 Å². The number of piperidine rings is 1. The number of rotatable bonds is 3. The van der Waals surface area contributed by atoms with Crippen molar-refractivity contribution in [1.29, 1.82) is 0 Å². The van der Waals surface area contributed by atoms with Gasteiger partial charge in [-0.15, -0.1) is 0 Å². The molecule has 3 aromatic rings. The van der Waals surface area contributed by atoms with Crippen molar-refractivity contribution in [3.05, 3.63) is 35.1 Å². The largest absolute Gasteiger partial charge is 0.368 e. The lowest BCUT2D eigenvalue weighted by Gasteiger charge is -2.32. The molecule has 0 unspecified atom stereocenters. The number of nitrogen functional groups attached to an aromatic ring is 1. The van der Waals surface area contributed by atoms with Crippen molar-refractivity contribution in [3.8, 4) is 11.3 Å². The highest BCUT2D eigenvalue weighted by Gasteiger charge is 2.24. The zero-order chi connectivity index (χ0) is 18.3. The zero-order valence-corrected chi connectivity index (χ0v) is 16.1. The van der Waals surface area contributed by atoms with Crippen LogP contribution in [0.3, 0.4) is 0 Å². The molecule has 0 aromatic carbocycles. The fourth-order valence-corrected chi connectivity index (χ4v) is 4.03. The van der Waals surface area contributed by atoms with E-state index in [1.807, 2.05) is 18.5 Å². The Bertz CT molecular complexity index is 948. The van der Waals surface area contributed by atoms with Crippen LogP contribution in [0.15, 0.2) is 29.3 Å². The van der Waals surface area contributed by atoms with E-state index in [1.165, 1.54) is 0 Å². The van der Waals surface area contributed by atoms with E-state index in [1.54, 1.807) is 0 Å². The number of halogens is 2. The lowest BCUT2D eigenvalue weighted by atomic mass is 10.0. The first kappa shape index (κ1) is 17.4. The average Bonchev–Trinajstić information content (AvgIpc) is 3.02. The SMILES string of the molecule is CCN1CCC(n2cc(-c3nc(N)ncc3F)c3cc(Br)ncc32)CC1. The molecule has 0 aliphatic carbocycles. The van der Waals surface area contributed by atoms with Crippen molar-refractivity contribution in [2.24, 2.45) is 0 Å². The molecule has 0 saturated carbocycles. The van der Waals surface area contributed by atoms with E-state index in [0.717, 1.165) is 49.6 Å².